The van der Waals surface area contributed by atoms with E-state index in [-0.39, 0.29) is 12.3 Å². The van der Waals surface area contributed by atoms with Crippen LogP contribution in [0.2, 0.25) is 0 Å². The molecule has 0 N–H and O–H groups in total. The number of methoxy groups -OCH3 is 3. The molecule has 0 aromatic rings. The van der Waals surface area contributed by atoms with Gasteiger partial charge in [-0.3, -0.25) is 4.79 Å². The van der Waals surface area contributed by atoms with Crippen molar-refractivity contribution in [2.45, 2.75) is 32.0 Å². The van der Waals surface area contributed by atoms with Crippen LogP contribution in [0.3, 0.4) is 0 Å². The van der Waals surface area contributed by atoms with Crippen LogP contribution in [0.5, 0.6) is 0 Å². The molecular formula is C11H20O4. The Bertz CT molecular complexity index is 185. The lowest BCUT2D eigenvalue weighted by Gasteiger charge is -2.10. The Kier molecular flexibility index (Phi) is 9.11. The van der Waals surface area contributed by atoms with Crippen LogP contribution in [0.25, 0.3) is 0 Å². The van der Waals surface area contributed by atoms with E-state index in [2.05, 4.69) is 4.74 Å². The van der Waals surface area contributed by atoms with Crippen LogP contribution in [-0.2, 0) is 19.0 Å². The lowest BCUT2D eigenvalue weighted by atomic mass is 10.2. The molecule has 15 heavy (non-hydrogen) atoms. The summed E-state index contributed by atoms with van der Waals surface area (Å²) in [5.74, 6) is -0.175. The summed E-state index contributed by atoms with van der Waals surface area (Å²) in [6.07, 6.45) is 6.71. The molecule has 0 radical (unpaired) electrons. The highest BCUT2D eigenvalue weighted by Crippen LogP contribution is 2.03. The first kappa shape index (κ1) is 14.1. The van der Waals surface area contributed by atoms with Gasteiger partial charge in [0, 0.05) is 27.1 Å². The number of hydrogen-bond acceptors (Lipinski definition) is 4. The van der Waals surface area contributed by atoms with Crippen molar-refractivity contribution in [2.24, 2.45) is 0 Å². The van der Waals surface area contributed by atoms with Crippen molar-refractivity contribution >= 4 is 5.97 Å². The lowest BCUT2D eigenvalue weighted by molar-refractivity contribution is -0.140. The quantitative estimate of drug-likeness (QED) is 0.353. The standard InChI is InChI=1S/C11H20O4/c1-13-10(12)8-6-4-5-7-9-11(14-2)15-3/h4-5,11H,6-9H2,1-3H3/b5-4+. The maximum absolute atomic E-state index is 10.7. The summed E-state index contributed by atoms with van der Waals surface area (Å²) < 4.78 is 14.6. The maximum atomic E-state index is 10.7. The van der Waals surface area contributed by atoms with E-state index in [1.807, 2.05) is 12.2 Å². The summed E-state index contributed by atoms with van der Waals surface area (Å²) >= 11 is 0. The van der Waals surface area contributed by atoms with E-state index in [0.717, 1.165) is 19.3 Å². The first-order valence-corrected chi connectivity index (χ1v) is 5.02. The van der Waals surface area contributed by atoms with Gasteiger partial charge >= 0.3 is 5.97 Å². The fraction of sp³-hybridized carbons (Fsp3) is 0.727. The normalized spacial score (nSPS) is 11.2. The minimum atomic E-state index is -0.175. The molecule has 88 valence electrons. The van der Waals surface area contributed by atoms with Gasteiger partial charge in [-0.1, -0.05) is 12.2 Å². The molecule has 0 aliphatic heterocycles. The van der Waals surface area contributed by atoms with Crippen molar-refractivity contribution < 1.29 is 19.0 Å². The van der Waals surface area contributed by atoms with Gasteiger partial charge < -0.3 is 14.2 Å². The molecule has 0 aliphatic carbocycles. The minimum absolute atomic E-state index is 0.143. The molecule has 0 rings (SSSR count). The summed E-state index contributed by atoms with van der Waals surface area (Å²) in [5, 5.41) is 0. The molecule has 0 atom stereocenters. The van der Waals surface area contributed by atoms with Crippen LogP contribution in [0.1, 0.15) is 25.7 Å². The third kappa shape index (κ3) is 8.15. The van der Waals surface area contributed by atoms with Gasteiger partial charge in [0.05, 0.1) is 7.11 Å². The van der Waals surface area contributed by atoms with Crippen LogP contribution < -0.4 is 0 Å². The molecule has 4 heteroatoms. The number of carbonyl (C=O) groups is 1. The lowest BCUT2D eigenvalue weighted by Crippen LogP contribution is -2.11. The van der Waals surface area contributed by atoms with Gasteiger partial charge in [-0.2, -0.15) is 0 Å². The Morgan fingerprint density at radius 3 is 2.27 bits per heavy atom. The number of esters is 1. The Labute approximate surface area is 91.2 Å². The molecule has 0 bridgehead atoms. The highest BCUT2D eigenvalue weighted by atomic mass is 16.7. The predicted octanol–water partition coefficient (Wildman–Crippen LogP) is 1.89. The van der Waals surface area contributed by atoms with Crippen LogP contribution in [0, 0.1) is 0 Å². The van der Waals surface area contributed by atoms with Gasteiger partial charge in [0.15, 0.2) is 6.29 Å². The number of rotatable bonds is 8. The summed E-state index contributed by atoms with van der Waals surface area (Å²) in [6.45, 7) is 0. The second-order valence-electron chi connectivity index (χ2n) is 3.06. The van der Waals surface area contributed by atoms with E-state index in [1.54, 1.807) is 14.2 Å². The van der Waals surface area contributed by atoms with Crippen molar-refractivity contribution in [1.29, 1.82) is 0 Å². The molecule has 0 saturated heterocycles. The van der Waals surface area contributed by atoms with Gasteiger partial charge in [-0.15, -0.1) is 0 Å². The van der Waals surface area contributed by atoms with Gasteiger partial charge in [0.1, 0.15) is 0 Å². The van der Waals surface area contributed by atoms with Crippen molar-refractivity contribution in [3.8, 4) is 0 Å². The van der Waals surface area contributed by atoms with Crippen molar-refractivity contribution in [3.63, 3.8) is 0 Å². The molecule has 0 saturated carbocycles. The van der Waals surface area contributed by atoms with Crippen molar-refractivity contribution in [3.05, 3.63) is 12.2 Å². The zero-order valence-corrected chi connectivity index (χ0v) is 9.69. The van der Waals surface area contributed by atoms with Gasteiger partial charge in [-0.25, -0.2) is 0 Å². The van der Waals surface area contributed by atoms with Gasteiger partial charge in [-0.05, 0) is 12.8 Å². The van der Waals surface area contributed by atoms with Crippen LogP contribution in [0.4, 0.5) is 0 Å². The van der Waals surface area contributed by atoms with E-state index < -0.39 is 0 Å². The first-order valence-electron chi connectivity index (χ1n) is 5.02. The molecule has 0 spiro atoms. The Morgan fingerprint density at radius 2 is 1.73 bits per heavy atom. The van der Waals surface area contributed by atoms with E-state index in [9.17, 15) is 4.79 Å². The van der Waals surface area contributed by atoms with Gasteiger partial charge in [0.25, 0.3) is 0 Å². The third-order valence-corrected chi connectivity index (χ3v) is 2.00. The van der Waals surface area contributed by atoms with Crippen LogP contribution in [-0.4, -0.2) is 33.6 Å². The molecule has 0 aliphatic rings. The molecular weight excluding hydrogens is 196 g/mol. The maximum Gasteiger partial charge on any atom is 0.305 e. The second kappa shape index (κ2) is 9.68. The molecule has 0 unspecified atom stereocenters. The first-order chi connectivity index (χ1) is 7.24. The average Bonchev–Trinajstić information content (AvgIpc) is 2.28. The zero-order chi connectivity index (χ0) is 11.5. The summed E-state index contributed by atoms with van der Waals surface area (Å²) in [6, 6.07) is 0. The topological polar surface area (TPSA) is 44.8 Å². The van der Waals surface area contributed by atoms with Crippen molar-refractivity contribution in [2.75, 3.05) is 21.3 Å². The van der Waals surface area contributed by atoms with E-state index in [0.29, 0.717) is 6.42 Å². The highest BCUT2D eigenvalue weighted by Gasteiger charge is 2.01. The zero-order valence-electron chi connectivity index (χ0n) is 9.69. The fourth-order valence-electron chi connectivity index (χ4n) is 1.10. The highest BCUT2D eigenvalue weighted by molar-refractivity contribution is 5.69. The van der Waals surface area contributed by atoms with Gasteiger partial charge in [0.2, 0.25) is 0 Å². The Balaban J connectivity index is 3.42. The number of hydrogen-bond donors (Lipinski definition) is 0. The fourth-order valence-corrected chi connectivity index (χ4v) is 1.10. The number of allylic oxidation sites excluding steroid dienone is 2. The smallest absolute Gasteiger partial charge is 0.305 e. The molecule has 0 amide bonds. The summed E-state index contributed by atoms with van der Waals surface area (Å²) in [4.78, 5) is 10.7. The third-order valence-electron chi connectivity index (χ3n) is 2.00. The summed E-state index contributed by atoms with van der Waals surface area (Å²) in [7, 11) is 4.64. The van der Waals surface area contributed by atoms with Crippen molar-refractivity contribution in [1.82, 2.24) is 0 Å². The molecule has 0 aromatic carbocycles. The van der Waals surface area contributed by atoms with E-state index in [1.165, 1.54) is 7.11 Å². The molecule has 4 nitrogen and oxygen atoms in total. The monoisotopic (exact) mass is 216 g/mol. The molecule has 0 fully saturated rings. The minimum Gasteiger partial charge on any atom is -0.469 e. The number of ether oxygens (including phenoxy) is 3. The van der Waals surface area contributed by atoms with E-state index in [4.69, 9.17) is 9.47 Å². The Hall–Kier alpha value is -0.870. The summed E-state index contributed by atoms with van der Waals surface area (Å²) in [5.41, 5.74) is 0. The predicted molar refractivity (Wildman–Crippen MR) is 57.4 cm³/mol. The largest absolute Gasteiger partial charge is 0.469 e. The van der Waals surface area contributed by atoms with Crippen LogP contribution >= 0.6 is 0 Å². The average molecular weight is 216 g/mol. The number of carbonyl (C=O) groups excluding carboxylic acids is 1. The van der Waals surface area contributed by atoms with E-state index >= 15 is 0 Å². The SMILES string of the molecule is COC(=O)CC/C=C/CCC(OC)OC. The second-order valence-corrected chi connectivity index (χ2v) is 3.06. The molecule has 0 heterocycles. The van der Waals surface area contributed by atoms with Crippen LogP contribution in [0.15, 0.2) is 12.2 Å². The molecule has 0 aromatic heterocycles. The Morgan fingerprint density at radius 1 is 1.13 bits per heavy atom.